The number of carbonyl (C=O) groups excluding carboxylic acids is 3. The molecule has 5 aromatic rings. The Morgan fingerprint density at radius 2 is 1.93 bits per heavy atom. The molecule has 0 spiro atoms. The van der Waals surface area contributed by atoms with Crippen molar-refractivity contribution in [3.05, 3.63) is 88.5 Å². The minimum Gasteiger partial charge on any atom is -0.464 e. The Morgan fingerprint density at radius 3 is 2.71 bits per heavy atom. The number of esters is 1. The fraction of sp³-hybridized carbons (Fsp3) is 0.467. The molecule has 2 saturated heterocycles. The third-order valence-electron chi connectivity index (χ3n) is 12.1. The zero-order valence-electron chi connectivity index (χ0n) is 34.8. The molecule has 8 rings (SSSR count). The number of hydrogen-bond acceptors (Lipinski definition) is 10. The average Bonchev–Trinajstić information content (AvgIpc) is 3.97. The van der Waals surface area contributed by atoms with Crippen molar-refractivity contribution in [2.75, 3.05) is 33.9 Å². The fourth-order valence-electron chi connectivity index (χ4n) is 9.01. The Balaban J connectivity index is 1.20. The molecule has 5 atom stereocenters. The van der Waals surface area contributed by atoms with E-state index in [-0.39, 0.29) is 42.9 Å². The van der Waals surface area contributed by atoms with Crippen molar-refractivity contribution in [1.29, 1.82) is 0 Å². The molecule has 0 aliphatic carbocycles. The summed E-state index contributed by atoms with van der Waals surface area (Å²) >= 11 is 1.48. The second-order valence-electron chi connectivity index (χ2n) is 16.9. The highest BCUT2D eigenvalue weighted by atomic mass is 32.1. The largest absolute Gasteiger partial charge is 0.464 e. The standard InChI is InChI=1S/C45H54N8O5S/c1-7-51-36-18-17-30-23-37(36)52(42(51)31-15-11-20-46-39(31)28(2)57-6)26-45(3,4)27-58-44(56)33-16-12-21-53(49-33)43(55)34(24-38-47-35(30)25-59-38)48-41(54)32-19-22-50(5)40(32)29-13-9-8-10-14-29/h8-11,13-15,17-18,20,23,25,28,32-34,40,49H,7,12,16,19,21-22,24,26-27H2,1-6H3/p+1/t28-,32-,33-,34-,40+/m0/s1. The van der Waals surface area contributed by atoms with E-state index >= 15 is 0 Å². The SMILES string of the molecule is CC[n+]1c(-c2cccnc2[C@H](C)OC)n2c3cc(ccc31)-c1csc(n1)C[C@H](NC(=O)[C@H]1CCN(C)[C@@H]1c1ccccc1)C(=O)N1CCC[C@H](N1)C(=O)OCC(C)(C)C2. The smallest absolute Gasteiger partial charge is 0.324 e. The van der Waals surface area contributed by atoms with Gasteiger partial charge in [0.15, 0.2) is 11.0 Å². The first kappa shape index (κ1) is 40.7. The maximum atomic E-state index is 14.5. The Bertz CT molecular complexity index is 2340. The number of imidazole rings is 1. The number of cyclic esters (lactones) is 1. The topological polar surface area (TPSA) is 135 Å². The van der Waals surface area contributed by atoms with Gasteiger partial charge in [-0.05, 0) is 82.6 Å². The Labute approximate surface area is 349 Å². The van der Waals surface area contributed by atoms with Gasteiger partial charge in [-0.15, -0.1) is 11.3 Å². The number of ether oxygens (including phenoxy) is 2. The monoisotopic (exact) mass is 819 g/mol. The normalized spacial score (nSPS) is 23.2. The summed E-state index contributed by atoms with van der Waals surface area (Å²) in [5.41, 5.74) is 9.35. The van der Waals surface area contributed by atoms with Gasteiger partial charge in [0, 0.05) is 48.7 Å². The molecule has 2 aromatic carbocycles. The Morgan fingerprint density at radius 1 is 1.12 bits per heavy atom. The minimum atomic E-state index is -0.905. The number of aromatic nitrogens is 4. The number of aryl methyl sites for hydroxylation is 1. The molecule has 59 heavy (non-hydrogen) atoms. The summed E-state index contributed by atoms with van der Waals surface area (Å²) in [6.07, 6.45) is 3.57. The molecule has 14 heteroatoms. The van der Waals surface area contributed by atoms with Crippen LogP contribution in [0.3, 0.4) is 0 Å². The van der Waals surface area contributed by atoms with Crippen LogP contribution in [0.1, 0.15) is 75.4 Å². The minimum absolute atomic E-state index is 0.109. The van der Waals surface area contributed by atoms with E-state index in [1.54, 1.807) is 13.3 Å². The van der Waals surface area contributed by atoms with Crippen molar-refractivity contribution >= 4 is 40.2 Å². The van der Waals surface area contributed by atoms with E-state index in [1.807, 2.05) is 43.6 Å². The lowest BCUT2D eigenvalue weighted by Gasteiger charge is -2.35. The predicted octanol–water partition coefficient (Wildman–Crippen LogP) is 5.64. The first-order chi connectivity index (χ1) is 28.5. The van der Waals surface area contributed by atoms with Gasteiger partial charge in [-0.3, -0.25) is 29.3 Å². The number of pyridine rings is 1. The van der Waals surface area contributed by atoms with Crippen LogP contribution < -0.4 is 15.3 Å². The lowest BCUT2D eigenvalue weighted by atomic mass is 9.92. The van der Waals surface area contributed by atoms with Crippen LogP contribution in [0.15, 0.2) is 72.2 Å². The second-order valence-corrected chi connectivity index (χ2v) is 17.8. The number of hydrazine groups is 1. The van der Waals surface area contributed by atoms with Gasteiger partial charge in [-0.1, -0.05) is 44.2 Å². The lowest BCUT2D eigenvalue weighted by Crippen LogP contribution is -2.61. The molecule has 6 bridgehead atoms. The van der Waals surface area contributed by atoms with E-state index in [4.69, 9.17) is 19.4 Å². The molecule has 310 valence electrons. The molecule has 6 heterocycles. The number of fused-ring (bicyclic) bond motifs is 6. The van der Waals surface area contributed by atoms with Crippen molar-refractivity contribution in [2.45, 2.75) is 90.7 Å². The van der Waals surface area contributed by atoms with E-state index < -0.39 is 23.5 Å². The highest BCUT2D eigenvalue weighted by molar-refractivity contribution is 7.10. The van der Waals surface area contributed by atoms with Crippen LogP contribution in [0.2, 0.25) is 0 Å². The summed E-state index contributed by atoms with van der Waals surface area (Å²) in [5.74, 6) is -0.226. The Hall–Kier alpha value is -5.02. The third-order valence-corrected chi connectivity index (χ3v) is 13.0. The molecule has 2 N–H and O–H groups in total. The van der Waals surface area contributed by atoms with E-state index in [9.17, 15) is 14.4 Å². The molecule has 3 aliphatic rings. The third kappa shape index (κ3) is 8.15. The van der Waals surface area contributed by atoms with Gasteiger partial charge in [-0.2, -0.15) is 0 Å². The zero-order chi connectivity index (χ0) is 41.4. The van der Waals surface area contributed by atoms with Gasteiger partial charge < -0.3 is 14.8 Å². The van der Waals surface area contributed by atoms with Gasteiger partial charge in [0.25, 0.3) is 11.7 Å². The summed E-state index contributed by atoms with van der Waals surface area (Å²) in [6.45, 7) is 10.9. The molecule has 3 aromatic heterocycles. The fourth-order valence-corrected chi connectivity index (χ4v) is 9.86. The number of hydrogen-bond donors (Lipinski definition) is 2. The van der Waals surface area contributed by atoms with Crippen molar-refractivity contribution < 1.29 is 28.4 Å². The molecule has 13 nitrogen and oxygen atoms in total. The molecular formula is C45H55N8O5S+. The van der Waals surface area contributed by atoms with Crippen LogP contribution in [-0.4, -0.2) is 88.2 Å². The molecule has 3 aliphatic heterocycles. The number of nitrogens with one attached hydrogen (secondary N) is 2. The maximum absolute atomic E-state index is 14.5. The van der Waals surface area contributed by atoms with E-state index in [0.29, 0.717) is 38.9 Å². The highest BCUT2D eigenvalue weighted by Gasteiger charge is 2.41. The summed E-state index contributed by atoms with van der Waals surface area (Å²) < 4.78 is 16.5. The van der Waals surface area contributed by atoms with Gasteiger partial charge >= 0.3 is 5.97 Å². The molecule has 0 saturated carbocycles. The number of amides is 2. The number of carbonyl (C=O) groups is 3. The van der Waals surface area contributed by atoms with Crippen molar-refractivity contribution in [3.8, 4) is 22.6 Å². The quantitative estimate of drug-likeness (QED) is 0.158. The van der Waals surface area contributed by atoms with Gasteiger partial charge in [0.1, 0.15) is 18.7 Å². The molecule has 0 radical (unpaired) electrons. The first-order valence-electron chi connectivity index (χ1n) is 20.7. The summed E-state index contributed by atoms with van der Waals surface area (Å²) in [5, 5.41) is 7.43. The summed E-state index contributed by atoms with van der Waals surface area (Å²) in [4.78, 5) is 54.7. The van der Waals surface area contributed by atoms with Crippen LogP contribution in [0.5, 0.6) is 0 Å². The maximum Gasteiger partial charge on any atom is 0.324 e. The van der Waals surface area contributed by atoms with Gasteiger partial charge in [-0.25, -0.2) is 19.5 Å². The van der Waals surface area contributed by atoms with Gasteiger partial charge in [0.2, 0.25) is 5.91 Å². The second kappa shape index (κ2) is 16.9. The Kier molecular flexibility index (Phi) is 11.7. The van der Waals surface area contributed by atoms with E-state index in [1.165, 1.54) is 16.3 Å². The van der Waals surface area contributed by atoms with Crippen molar-refractivity contribution in [2.24, 2.45) is 11.3 Å². The average molecular weight is 820 g/mol. The van der Waals surface area contributed by atoms with E-state index in [2.05, 4.69) is 81.9 Å². The number of rotatable bonds is 7. The molecular weight excluding hydrogens is 765 g/mol. The predicted molar refractivity (Wildman–Crippen MR) is 226 cm³/mol. The van der Waals surface area contributed by atoms with Crippen LogP contribution in [0, 0.1) is 11.3 Å². The number of methoxy groups -OCH3 is 1. The van der Waals surface area contributed by atoms with Crippen LogP contribution >= 0.6 is 11.3 Å². The number of thiazole rings is 1. The van der Waals surface area contributed by atoms with Crippen LogP contribution in [0.4, 0.5) is 0 Å². The number of benzene rings is 2. The summed E-state index contributed by atoms with van der Waals surface area (Å²) in [7, 11) is 3.73. The number of likely N-dealkylation sites (tertiary alicyclic amines) is 1. The number of nitrogens with zero attached hydrogens (tertiary/aromatic N) is 6. The lowest BCUT2D eigenvalue weighted by molar-refractivity contribution is -0.657. The van der Waals surface area contributed by atoms with Crippen LogP contribution in [-0.2, 0) is 43.4 Å². The summed E-state index contributed by atoms with van der Waals surface area (Å²) in [6, 6.07) is 18.8. The highest BCUT2D eigenvalue weighted by Crippen LogP contribution is 2.37. The molecule has 0 unspecified atom stereocenters. The first-order valence-corrected chi connectivity index (χ1v) is 21.6. The van der Waals surface area contributed by atoms with E-state index in [0.717, 1.165) is 56.5 Å². The van der Waals surface area contributed by atoms with Gasteiger partial charge in [0.05, 0.1) is 47.1 Å². The molecule has 2 fully saturated rings. The zero-order valence-corrected chi connectivity index (χ0v) is 35.6. The van der Waals surface area contributed by atoms with Crippen molar-refractivity contribution in [3.63, 3.8) is 0 Å². The van der Waals surface area contributed by atoms with Crippen LogP contribution in [0.25, 0.3) is 33.7 Å². The van der Waals surface area contributed by atoms with Crippen molar-refractivity contribution in [1.82, 2.24) is 35.2 Å². The molecule has 2 amide bonds.